The fourth-order valence-electron chi connectivity index (χ4n) is 3.99. The molecule has 0 aromatic carbocycles. The second-order valence-corrected chi connectivity index (χ2v) is 7.81. The van der Waals surface area contributed by atoms with Gasteiger partial charge in [-0.2, -0.15) is 0 Å². The summed E-state index contributed by atoms with van der Waals surface area (Å²) in [6, 6.07) is -0.110. The quantitative estimate of drug-likeness (QED) is 0.714. The molecule has 2 atom stereocenters. The normalized spacial score (nSPS) is 24.0. The van der Waals surface area contributed by atoms with Crippen molar-refractivity contribution in [1.82, 2.24) is 25.3 Å². The van der Waals surface area contributed by atoms with Crippen LogP contribution in [0.3, 0.4) is 0 Å². The van der Waals surface area contributed by atoms with E-state index in [4.69, 9.17) is 0 Å². The maximum atomic E-state index is 12.5. The number of amides is 4. The third kappa shape index (κ3) is 5.59. The lowest BCUT2D eigenvalue weighted by atomic mass is 9.92. The van der Waals surface area contributed by atoms with E-state index in [1.807, 2.05) is 19.0 Å². The summed E-state index contributed by atoms with van der Waals surface area (Å²) in [5, 5.41) is 5.82. The number of hydrogen-bond acceptors (Lipinski definition) is 4. The minimum absolute atomic E-state index is 0.0143. The van der Waals surface area contributed by atoms with Crippen LogP contribution in [-0.2, 0) is 9.59 Å². The molecule has 0 bridgehead atoms. The molecule has 2 heterocycles. The average molecular weight is 367 g/mol. The van der Waals surface area contributed by atoms with Crippen LogP contribution >= 0.6 is 0 Å². The van der Waals surface area contributed by atoms with Crippen LogP contribution in [0.15, 0.2) is 0 Å². The summed E-state index contributed by atoms with van der Waals surface area (Å²) in [5.74, 6) is 0.721. The number of nitrogens with one attached hydrogen (secondary N) is 2. The molecule has 0 radical (unpaired) electrons. The van der Waals surface area contributed by atoms with E-state index in [2.05, 4.69) is 15.5 Å². The molecule has 8 heteroatoms. The van der Waals surface area contributed by atoms with E-state index >= 15 is 0 Å². The summed E-state index contributed by atoms with van der Waals surface area (Å²) in [5.41, 5.74) is 0. The number of urea groups is 1. The first-order chi connectivity index (χ1) is 12.3. The second kappa shape index (κ2) is 9.21. The highest BCUT2D eigenvalue weighted by Crippen LogP contribution is 2.22. The Morgan fingerprint density at radius 1 is 1.08 bits per heavy atom. The van der Waals surface area contributed by atoms with E-state index in [9.17, 15) is 14.4 Å². The standard InChI is InChI=1S/C18H33N5O3/c1-13(24)22-7-5-14(6-8-22)9-17(25)20-16-12-23(18(26)19-2)11-15(16)10-21(3)4/h14-16H,5-12H2,1-4H3,(H,19,26)(H,20,25)/t15-,16-/m1/s1. The van der Waals surface area contributed by atoms with Gasteiger partial charge in [-0.3, -0.25) is 9.59 Å². The largest absolute Gasteiger partial charge is 0.351 e. The summed E-state index contributed by atoms with van der Waals surface area (Å²) >= 11 is 0. The Balaban J connectivity index is 1.85. The summed E-state index contributed by atoms with van der Waals surface area (Å²) in [4.78, 5) is 41.6. The van der Waals surface area contributed by atoms with Gasteiger partial charge in [-0.05, 0) is 32.9 Å². The zero-order valence-corrected chi connectivity index (χ0v) is 16.5. The van der Waals surface area contributed by atoms with Crippen molar-refractivity contribution < 1.29 is 14.4 Å². The minimum Gasteiger partial charge on any atom is -0.351 e. The Labute approximate surface area is 156 Å². The molecular weight excluding hydrogens is 334 g/mol. The predicted octanol–water partition coefficient (Wildman–Crippen LogP) is -0.0474. The Morgan fingerprint density at radius 2 is 1.73 bits per heavy atom. The van der Waals surface area contributed by atoms with Crippen molar-refractivity contribution >= 4 is 17.8 Å². The van der Waals surface area contributed by atoms with Gasteiger partial charge >= 0.3 is 6.03 Å². The topological polar surface area (TPSA) is 85.0 Å². The highest BCUT2D eigenvalue weighted by molar-refractivity contribution is 5.78. The van der Waals surface area contributed by atoms with Gasteiger partial charge in [-0.1, -0.05) is 0 Å². The molecule has 2 aliphatic heterocycles. The lowest BCUT2D eigenvalue weighted by Crippen LogP contribution is -2.45. The van der Waals surface area contributed by atoms with Crippen molar-refractivity contribution in [2.45, 2.75) is 32.2 Å². The van der Waals surface area contributed by atoms with Crippen LogP contribution in [0.2, 0.25) is 0 Å². The number of hydrogen-bond donors (Lipinski definition) is 2. The Morgan fingerprint density at radius 3 is 2.27 bits per heavy atom. The molecule has 2 fully saturated rings. The van der Waals surface area contributed by atoms with Crippen molar-refractivity contribution in [2.24, 2.45) is 11.8 Å². The Kier molecular flexibility index (Phi) is 7.25. The molecule has 2 N–H and O–H groups in total. The molecule has 148 valence electrons. The van der Waals surface area contributed by atoms with Crippen molar-refractivity contribution in [3.8, 4) is 0 Å². The highest BCUT2D eigenvalue weighted by atomic mass is 16.2. The van der Waals surface area contributed by atoms with Crippen LogP contribution in [0.1, 0.15) is 26.2 Å². The predicted molar refractivity (Wildman–Crippen MR) is 99.6 cm³/mol. The first-order valence-electron chi connectivity index (χ1n) is 9.46. The molecule has 0 aromatic heterocycles. The van der Waals surface area contributed by atoms with Gasteiger partial charge in [0.15, 0.2) is 0 Å². The lowest BCUT2D eigenvalue weighted by Gasteiger charge is -2.31. The zero-order valence-electron chi connectivity index (χ0n) is 16.5. The Hall–Kier alpha value is -1.83. The average Bonchev–Trinajstić information content (AvgIpc) is 2.96. The van der Waals surface area contributed by atoms with Gasteiger partial charge in [0, 0.05) is 59.0 Å². The molecule has 0 aliphatic carbocycles. The van der Waals surface area contributed by atoms with Crippen LogP contribution in [-0.4, -0.2) is 92.5 Å². The molecule has 0 unspecified atom stereocenters. The number of rotatable bonds is 5. The summed E-state index contributed by atoms with van der Waals surface area (Å²) in [6.07, 6.45) is 2.25. The molecule has 8 nitrogen and oxygen atoms in total. The van der Waals surface area contributed by atoms with E-state index in [0.29, 0.717) is 25.4 Å². The number of likely N-dealkylation sites (tertiary alicyclic amines) is 2. The van der Waals surface area contributed by atoms with Crippen molar-refractivity contribution in [3.63, 3.8) is 0 Å². The first-order valence-corrected chi connectivity index (χ1v) is 9.46. The van der Waals surface area contributed by atoms with Gasteiger partial charge < -0.3 is 25.3 Å². The Bertz CT molecular complexity index is 517. The number of carbonyl (C=O) groups excluding carboxylic acids is 3. The number of piperidine rings is 1. The van der Waals surface area contributed by atoms with Crippen LogP contribution < -0.4 is 10.6 Å². The van der Waals surface area contributed by atoms with E-state index in [1.165, 1.54) is 0 Å². The van der Waals surface area contributed by atoms with Gasteiger partial charge in [0.2, 0.25) is 11.8 Å². The van der Waals surface area contributed by atoms with E-state index in [1.54, 1.807) is 18.9 Å². The fourth-order valence-corrected chi connectivity index (χ4v) is 3.99. The van der Waals surface area contributed by atoms with Gasteiger partial charge in [0.25, 0.3) is 0 Å². The maximum Gasteiger partial charge on any atom is 0.317 e. The molecule has 2 saturated heterocycles. The SMILES string of the molecule is CNC(=O)N1C[C@@H](CN(C)C)[C@H](NC(=O)CC2CCN(C(C)=O)CC2)C1. The van der Waals surface area contributed by atoms with E-state index < -0.39 is 0 Å². The summed E-state index contributed by atoms with van der Waals surface area (Å²) in [7, 11) is 5.64. The summed E-state index contributed by atoms with van der Waals surface area (Å²) < 4.78 is 0. The van der Waals surface area contributed by atoms with Gasteiger partial charge in [0.05, 0.1) is 6.04 Å². The van der Waals surface area contributed by atoms with Crippen molar-refractivity contribution in [1.29, 1.82) is 0 Å². The van der Waals surface area contributed by atoms with Crippen LogP contribution in [0.25, 0.3) is 0 Å². The number of carbonyl (C=O) groups is 3. The highest BCUT2D eigenvalue weighted by Gasteiger charge is 2.36. The minimum atomic E-state index is -0.0953. The van der Waals surface area contributed by atoms with Crippen LogP contribution in [0.5, 0.6) is 0 Å². The zero-order chi connectivity index (χ0) is 19.3. The third-order valence-corrected chi connectivity index (χ3v) is 5.42. The smallest absolute Gasteiger partial charge is 0.317 e. The molecular formula is C18H33N5O3. The van der Waals surface area contributed by atoms with Crippen molar-refractivity contribution in [3.05, 3.63) is 0 Å². The maximum absolute atomic E-state index is 12.5. The molecule has 0 spiro atoms. The number of nitrogens with zero attached hydrogens (tertiary/aromatic N) is 3. The van der Waals surface area contributed by atoms with Crippen LogP contribution in [0, 0.1) is 11.8 Å². The fraction of sp³-hybridized carbons (Fsp3) is 0.833. The van der Waals surface area contributed by atoms with Crippen LogP contribution in [0.4, 0.5) is 4.79 Å². The van der Waals surface area contributed by atoms with E-state index in [-0.39, 0.29) is 29.8 Å². The third-order valence-electron chi connectivity index (χ3n) is 5.42. The lowest BCUT2D eigenvalue weighted by molar-refractivity contribution is -0.130. The molecule has 0 aromatic rings. The van der Waals surface area contributed by atoms with Gasteiger partial charge in [0.1, 0.15) is 0 Å². The molecule has 4 amide bonds. The van der Waals surface area contributed by atoms with E-state index in [0.717, 1.165) is 32.5 Å². The molecule has 2 rings (SSSR count). The second-order valence-electron chi connectivity index (χ2n) is 7.81. The monoisotopic (exact) mass is 367 g/mol. The van der Waals surface area contributed by atoms with Gasteiger partial charge in [-0.15, -0.1) is 0 Å². The molecule has 0 saturated carbocycles. The molecule has 26 heavy (non-hydrogen) atoms. The summed E-state index contributed by atoms with van der Waals surface area (Å²) in [6.45, 7) is 5.10. The molecule has 2 aliphatic rings. The van der Waals surface area contributed by atoms with Gasteiger partial charge in [-0.25, -0.2) is 4.79 Å². The van der Waals surface area contributed by atoms with Crippen molar-refractivity contribution in [2.75, 3.05) is 53.9 Å². The first kappa shape index (κ1) is 20.5.